The maximum atomic E-state index is 12.1. The Balaban J connectivity index is 1.08. The van der Waals surface area contributed by atoms with Crippen LogP contribution in [0.3, 0.4) is 0 Å². The fourth-order valence-electron chi connectivity index (χ4n) is 4.96. The Morgan fingerprint density at radius 3 is 2.71 bits per heavy atom. The minimum absolute atomic E-state index is 0.369. The first-order valence-electron chi connectivity index (χ1n) is 12.5. The van der Waals surface area contributed by atoms with Crippen molar-refractivity contribution in [2.45, 2.75) is 32.1 Å². The Hall–Kier alpha value is -2.77. The van der Waals surface area contributed by atoms with Crippen LogP contribution in [0.15, 0.2) is 48.5 Å². The number of nitrogens with zero attached hydrogens (tertiary/aromatic N) is 3. The summed E-state index contributed by atoms with van der Waals surface area (Å²) < 4.78 is 7.06. The SMILES string of the molecule is NC(=O)N(CCCCN1CCN(c2ccc3c(c2)CCCCO3)CC1)c1cc2ccccc2s1. The molecule has 0 aliphatic carbocycles. The van der Waals surface area contributed by atoms with Crippen LogP contribution in [0.2, 0.25) is 0 Å². The van der Waals surface area contributed by atoms with Crippen LogP contribution in [-0.4, -0.2) is 56.8 Å². The number of amides is 2. The van der Waals surface area contributed by atoms with Gasteiger partial charge in [0.25, 0.3) is 0 Å². The summed E-state index contributed by atoms with van der Waals surface area (Å²) in [5, 5.41) is 2.10. The highest BCUT2D eigenvalue weighted by molar-refractivity contribution is 7.23. The number of carbonyl (C=O) groups is 1. The van der Waals surface area contributed by atoms with E-state index in [2.05, 4.69) is 46.2 Å². The zero-order valence-electron chi connectivity index (χ0n) is 19.7. The molecule has 180 valence electrons. The smallest absolute Gasteiger partial charge is 0.319 e. The lowest BCUT2D eigenvalue weighted by molar-refractivity contribution is 0.249. The molecule has 2 aliphatic heterocycles. The molecule has 2 aliphatic rings. The van der Waals surface area contributed by atoms with Gasteiger partial charge in [0.05, 0.1) is 6.61 Å². The number of hydrogen-bond donors (Lipinski definition) is 1. The number of piperazine rings is 1. The number of benzene rings is 2. The normalized spacial score (nSPS) is 16.6. The van der Waals surface area contributed by atoms with E-state index in [1.165, 1.54) is 22.4 Å². The molecule has 0 radical (unpaired) electrons. The number of nitrogens with two attached hydrogens (primary N) is 1. The maximum absolute atomic E-state index is 12.1. The van der Waals surface area contributed by atoms with Gasteiger partial charge in [0.15, 0.2) is 0 Å². The summed E-state index contributed by atoms with van der Waals surface area (Å²) in [6, 6.07) is 16.6. The second kappa shape index (κ2) is 10.7. The van der Waals surface area contributed by atoms with Gasteiger partial charge >= 0.3 is 6.03 Å². The van der Waals surface area contributed by atoms with Crippen LogP contribution in [-0.2, 0) is 6.42 Å². The lowest BCUT2D eigenvalue weighted by Crippen LogP contribution is -2.46. The molecule has 7 heteroatoms. The van der Waals surface area contributed by atoms with E-state index in [4.69, 9.17) is 10.5 Å². The van der Waals surface area contributed by atoms with Gasteiger partial charge in [0.2, 0.25) is 0 Å². The maximum Gasteiger partial charge on any atom is 0.319 e. The van der Waals surface area contributed by atoms with E-state index in [1.54, 1.807) is 16.2 Å². The third-order valence-corrected chi connectivity index (χ3v) is 8.07. The summed E-state index contributed by atoms with van der Waals surface area (Å²) in [6.45, 7) is 6.81. The number of carbonyl (C=O) groups excluding carboxylic acids is 1. The molecule has 34 heavy (non-hydrogen) atoms. The molecular formula is C27H34N4O2S. The number of primary amides is 1. The third-order valence-electron chi connectivity index (χ3n) is 6.93. The molecule has 2 aromatic carbocycles. The van der Waals surface area contributed by atoms with Gasteiger partial charge in [0, 0.05) is 43.1 Å². The lowest BCUT2D eigenvalue weighted by Gasteiger charge is -2.36. The monoisotopic (exact) mass is 478 g/mol. The first-order valence-corrected chi connectivity index (χ1v) is 13.3. The third kappa shape index (κ3) is 5.31. The van der Waals surface area contributed by atoms with Crippen molar-refractivity contribution >= 4 is 38.1 Å². The Morgan fingerprint density at radius 2 is 1.88 bits per heavy atom. The van der Waals surface area contributed by atoms with Crippen LogP contribution in [0.5, 0.6) is 5.75 Å². The van der Waals surface area contributed by atoms with Gasteiger partial charge in [-0.15, -0.1) is 11.3 Å². The van der Waals surface area contributed by atoms with Crippen molar-refractivity contribution in [3.63, 3.8) is 0 Å². The van der Waals surface area contributed by atoms with Gasteiger partial charge in [-0.3, -0.25) is 9.80 Å². The van der Waals surface area contributed by atoms with Gasteiger partial charge in [-0.1, -0.05) is 18.2 Å². The Kier molecular flexibility index (Phi) is 7.21. The minimum atomic E-state index is -0.369. The number of aryl methyl sites for hydroxylation is 1. The molecule has 2 N–H and O–H groups in total. The van der Waals surface area contributed by atoms with Crippen LogP contribution in [0.25, 0.3) is 10.1 Å². The van der Waals surface area contributed by atoms with Crippen molar-refractivity contribution in [2.75, 3.05) is 55.7 Å². The molecule has 1 aromatic heterocycles. The van der Waals surface area contributed by atoms with Crippen molar-refractivity contribution in [1.82, 2.24) is 4.90 Å². The molecule has 5 rings (SSSR count). The highest BCUT2D eigenvalue weighted by atomic mass is 32.1. The predicted molar refractivity (Wildman–Crippen MR) is 142 cm³/mol. The molecular weight excluding hydrogens is 444 g/mol. The van der Waals surface area contributed by atoms with E-state index >= 15 is 0 Å². The molecule has 0 unspecified atom stereocenters. The van der Waals surface area contributed by atoms with Crippen molar-refractivity contribution in [1.29, 1.82) is 0 Å². The average molecular weight is 479 g/mol. The van der Waals surface area contributed by atoms with Crippen molar-refractivity contribution in [2.24, 2.45) is 5.73 Å². The number of rotatable bonds is 7. The minimum Gasteiger partial charge on any atom is -0.493 e. The Labute approximate surface area is 205 Å². The summed E-state index contributed by atoms with van der Waals surface area (Å²) in [4.78, 5) is 18.8. The van der Waals surface area contributed by atoms with Gasteiger partial charge in [0.1, 0.15) is 10.8 Å². The van der Waals surface area contributed by atoms with E-state index in [9.17, 15) is 4.79 Å². The van der Waals surface area contributed by atoms with Crippen LogP contribution >= 0.6 is 11.3 Å². The number of fused-ring (bicyclic) bond motifs is 2. The number of urea groups is 1. The molecule has 3 heterocycles. The standard InChI is InChI=1S/C27H34N4O2S/c28-27(32)31(26-20-22-8-1-2-9-25(22)34-26)13-5-4-12-29-14-16-30(17-15-29)23-10-11-24-21(19-23)7-3-6-18-33-24/h1-2,8-11,19-20H,3-7,12-18H2,(H2,28,32). The first kappa shape index (κ1) is 23.0. The van der Waals surface area contributed by atoms with E-state index < -0.39 is 0 Å². The molecule has 0 bridgehead atoms. The highest BCUT2D eigenvalue weighted by Gasteiger charge is 2.20. The molecule has 0 saturated carbocycles. The van der Waals surface area contributed by atoms with Gasteiger partial charge < -0.3 is 15.4 Å². The summed E-state index contributed by atoms with van der Waals surface area (Å²) in [7, 11) is 0. The summed E-state index contributed by atoms with van der Waals surface area (Å²) in [5.41, 5.74) is 8.39. The molecule has 0 atom stereocenters. The van der Waals surface area contributed by atoms with Crippen molar-refractivity contribution in [3.05, 3.63) is 54.1 Å². The van der Waals surface area contributed by atoms with Crippen molar-refractivity contribution < 1.29 is 9.53 Å². The molecule has 0 spiro atoms. The van der Waals surface area contributed by atoms with Gasteiger partial charge in [-0.25, -0.2) is 4.79 Å². The number of ether oxygens (including phenoxy) is 1. The fraction of sp³-hybridized carbons (Fsp3) is 0.444. The van der Waals surface area contributed by atoms with Crippen LogP contribution in [0.1, 0.15) is 31.2 Å². The van der Waals surface area contributed by atoms with E-state index in [0.717, 1.165) is 81.2 Å². The van der Waals surface area contributed by atoms with Crippen LogP contribution in [0.4, 0.5) is 15.5 Å². The zero-order chi connectivity index (χ0) is 23.3. The largest absolute Gasteiger partial charge is 0.493 e. The Morgan fingerprint density at radius 1 is 1.03 bits per heavy atom. The number of thiophene rings is 1. The topological polar surface area (TPSA) is 62.0 Å². The molecule has 2 amide bonds. The Bertz CT molecular complexity index is 1090. The summed E-state index contributed by atoms with van der Waals surface area (Å²) in [5.74, 6) is 1.07. The van der Waals surface area contributed by atoms with Gasteiger partial charge in [-0.2, -0.15) is 0 Å². The molecule has 3 aromatic rings. The fourth-order valence-corrected chi connectivity index (χ4v) is 6.06. The van der Waals surface area contributed by atoms with Gasteiger partial charge in [-0.05, 0) is 79.9 Å². The summed E-state index contributed by atoms with van der Waals surface area (Å²) in [6.07, 6.45) is 5.48. The second-order valence-electron chi connectivity index (χ2n) is 9.25. The number of unbranched alkanes of at least 4 members (excludes halogenated alkanes) is 1. The lowest BCUT2D eigenvalue weighted by atomic mass is 10.1. The quantitative estimate of drug-likeness (QED) is 0.480. The van der Waals surface area contributed by atoms with E-state index in [1.807, 2.05) is 12.1 Å². The zero-order valence-corrected chi connectivity index (χ0v) is 20.6. The molecule has 1 fully saturated rings. The second-order valence-corrected chi connectivity index (χ2v) is 10.3. The van der Waals surface area contributed by atoms with E-state index in [0.29, 0.717) is 6.54 Å². The van der Waals surface area contributed by atoms with Crippen LogP contribution < -0.4 is 20.3 Å². The van der Waals surface area contributed by atoms with Crippen molar-refractivity contribution in [3.8, 4) is 5.75 Å². The number of anilines is 2. The van der Waals surface area contributed by atoms with E-state index in [-0.39, 0.29) is 6.03 Å². The predicted octanol–water partition coefficient (Wildman–Crippen LogP) is 5.10. The molecule has 6 nitrogen and oxygen atoms in total. The summed E-state index contributed by atoms with van der Waals surface area (Å²) >= 11 is 1.63. The first-order chi connectivity index (χ1) is 16.7. The number of hydrogen-bond acceptors (Lipinski definition) is 5. The van der Waals surface area contributed by atoms with Crippen LogP contribution in [0, 0.1) is 0 Å². The highest BCUT2D eigenvalue weighted by Crippen LogP contribution is 2.33. The average Bonchev–Trinajstić information content (AvgIpc) is 3.14. The molecule has 1 saturated heterocycles.